The van der Waals surface area contributed by atoms with E-state index in [1.807, 2.05) is 0 Å². The maximum Gasteiger partial charge on any atom is 0.105 e. The molecule has 2 bridgehead atoms. The van der Waals surface area contributed by atoms with Crippen molar-refractivity contribution in [3.63, 3.8) is 0 Å². The summed E-state index contributed by atoms with van der Waals surface area (Å²) in [6, 6.07) is 2.24. The van der Waals surface area contributed by atoms with E-state index < -0.39 is 0 Å². The fourth-order valence-electron chi connectivity index (χ4n) is 3.85. The number of rotatable bonds is 8. The van der Waals surface area contributed by atoms with Gasteiger partial charge in [0.15, 0.2) is 0 Å². The van der Waals surface area contributed by atoms with E-state index in [1.54, 1.807) is 0 Å². The minimum Gasteiger partial charge on any atom is -0.393 e. The van der Waals surface area contributed by atoms with Gasteiger partial charge in [0.2, 0.25) is 0 Å². The molecule has 2 aliphatic heterocycles. The minimum absolute atomic E-state index is 0.102. The highest BCUT2D eigenvalue weighted by Gasteiger charge is 2.53. The van der Waals surface area contributed by atoms with Crippen molar-refractivity contribution >= 4 is 0 Å². The molecule has 0 aromatic carbocycles. The lowest BCUT2D eigenvalue weighted by Crippen LogP contribution is -2.52. The Kier molecular flexibility index (Phi) is 6.47. The molecule has 0 amide bonds. The maximum absolute atomic E-state index is 10.2. The van der Waals surface area contributed by atoms with Crippen LogP contribution in [0.3, 0.4) is 0 Å². The van der Waals surface area contributed by atoms with Crippen molar-refractivity contribution in [2.24, 2.45) is 5.92 Å². The van der Waals surface area contributed by atoms with E-state index in [0.717, 1.165) is 38.5 Å². The highest BCUT2D eigenvalue weighted by atomic mass is 16.6. The molecule has 0 aromatic heterocycles. The molecule has 0 spiro atoms. The summed E-state index contributed by atoms with van der Waals surface area (Å²) in [5.74, 6) is 0.287. The van der Waals surface area contributed by atoms with Gasteiger partial charge >= 0.3 is 0 Å². The van der Waals surface area contributed by atoms with Crippen molar-refractivity contribution in [1.29, 1.82) is 5.26 Å². The Bertz CT molecular complexity index is 494. The van der Waals surface area contributed by atoms with Crippen molar-refractivity contribution in [3.8, 4) is 6.07 Å². The summed E-state index contributed by atoms with van der Waals surface area (Å²) in [6.45, 7) is 8.92. The molecule has 4 nitrogen and oxygen atoms in total. The number of hydrogen-bond donors (Lipinski definition) is 1. The van der Waals surface area contributed by atoms with Gasteiger partial charge in [-0.2, -0.15) is 5.26 Å². The average Bonchev–Trinajstić information content (AvgIpc) is 2.91. The van der Waals surface area contributed by atoms with Crippen molar-refractivity contribution in [2.75, 3.05) is 6.61 Å². The smallest absolute Gasteiger partial charge is 0.105 e. The van der Waals surface area contributed by atoms with Crippen molar-refractivity contribution in [1.82, 2.24) is 0 Å². The lowest BCUT2D eigenvalue weighted by atomic mass is 9.87. The zero-order chi connectivity index (χ0) is 17.8. The molecule has 2 saturated heterocycles. The van der Waals surface area contributed by atoms with Gasteiger partial charge in [0.05, 0.1) is 36.9 Å². The molecule has 2 heterocycles. The van der Waals surface area contributed by atoms with Gasteiger partial charge in [-0.05, 0) is 58.8 Å². The van der Waals surface area contributed by atoms with Crippen LogP contribution >= 0.6 is 0 Å². The second-order valence-corrected chi connectivity index (χ2v) is 8.22. The molecule has 2 fully saturated rings. The second kappa shape index (κ2) is 7.99. The molecule has 4 heteroatoms. The van der Waals surface area contributed by atoms with Crippen molar-refractivity contribution in [3.05, 3.63) is 11.6 Å². The molecule has 24 heavy (non-hydrogen) atoms. The van der Waals surface area contributed by atoms with Gasteiger partial charge in [-0.1, -0.05) is 25.0 Å². The zero-order valence-electron chi connectivity index (χ0n) is 15.7. The largest absolute Gasteiger partial charge is 0.393 e. The molecule has 5 atom stereocenters. The summed E-state index contributed by atoms with van der Waals surface area (Å²) >= 11 is 0. The zero-order valence-corrected chi connectivity index (χ0v) is 15.7. The van der Waals surface area contributed by atoms with Crippen LogP contribution < -0.4 is 0 Å². The maximum atomic E-state index is 10.2. The normalized spacial score (nSPS) is 34.4. The van der Waals surface area contributed by atoms with E-state index in [-0.39, 0.29) is 29.3 Å². The van der Waals surface area contributed by atoms with E-state index >= 15 is 0 Å². The van der Waals surface area contributed by atoms with Crippen LogP contribution in [0.1, 0.15) is 72.6 Å². The second-order valence-electron chi connectivity index (χ2n) is 8.22. The van der Waals surface area contributed by atoms with Crippen LogP contribution in [0, 0.1) is 17.2 Å². The van der Waals surface area contributed by atoms with Crippen LogP contribution in [-0.4, -0.2) is 35.1 Å². The molecule has 2 aliphatic rings. The summed E-state index contributed by atoms with van der Waals surface area (Å²) in [7, 11) is 0. The molecular formula is C20H33NO3. The lowest BCUT2D eigenvalue weighted by Gasteiger charge is -2.44. The predicted molar refractivity (Wildman–Crippen MR) is 94.5 cm³/mol. The van der Waals surface area contributed by atoms with Crippen LogP contribution in [0.2, 0.25) is 0 Å². The molecule has 1 N–H and O–H groups in total. The number of aliphatic hydroxyl groups is 1. The van der Waals surface area contributed by atoms with Gasteiger partial charge in [0.1, 0.15) is 5.60 Å². The molecule has 0 radical (unpaired) electrons. The summed E-state index contributed by atoms with van der Waals surface area (Å²) in [5.41, 5.74) is 0.649. The van der Waals surface area contributed by atoms with Crippen LogP contribution in [0.15, 0.2) is 11.6 Å². The van der Waals surface area contributed by atoms with Gasteiger partial charge in [0, 0.05) is 0 Å². The van der Waals surface area contributed by atoms with Crippen LogP contribution in [0.4, 0.5) is 0 Å². The third-order valence-corrected chi connectivity index (χ3v) is 5.76. The summed E-state index contributed by atoms with van der Waals surface area (Å²) < 4.78 is 12.4. The van der Waals surface area contributed by atoms with Gasteiger partial charge < -0.3 is 14.6 Å². The number of nitriles is 1. The van der Waals surface area contributed by atoms with Crippen molar-refractivity contribution < 1.29 is 14.6 Å². The Hall–Kier alpha value is -0.890. The van der Waals surface area contributed by atoms with E-state index in [2.05, 4.69) is 39.8 Å². The van der Waals surface area contributed by atoms with Crippen LogP contribution in [0.25, 0.3) is 0 Å². The first-order valence-electron chi connectivity index (χ1n) is 9.30. The Morgan fingerprint density at radius 3 is 2.88 bits per heavy atom. The van der Waals surface area contributed by atoms with E-state index in [0.29, 0.717) is 13.0 Å². The molecule has 0 saturated carbocycles. The topological polar surface area (TPSA) is 62.5 Å². The SMILES string of the molecule is CC(C)=CCC(O)C(C)CCC[C@]1(C)OC[C@]2(CC#N)CC[C@H]1O2. The first-order valence-corrected chi connectivity index (χ1v) is 9.30. The van der Waals surface area contributed by atoms with Crippen LogP contribution in [0.5, 0.6) is 0 Å². The molecule has 2 unspecified atom stereocenters. The van der Waals surface area contributed by atoms with E-state index in [1.165, 1.54) is 5.57 Å². The summed E-state index contributed by atoms with van der Waals surface area (Å²) in [4.78, 5) is 0. The van der Waals surface area contributed by atoms with Gasteiger partial charge in [-0.3, -0.25) is 0 Å². The molecule has 2 rings (SSSR count). The number of allylic oxidation sites excluding steroid dienone is 1. The monoisotopic (exact) mass is 335 g/mol. The quantitative estimate of drug-likeness (QED) is 0.677. The third kappa shape index (κ3) is 4.59. The molecule has 0 aromatic rings. The highest BCUT2D eigenvalue weighted by molar-refractivity contribution is 5.04. The molecular weight excluding hydrogens is 302 g/mol. The average molecular weight is 335 g/mol. The van der Waals surface area contributed by atoms with E-state index in [4.69, 9.17) is 14.7 Å². The van der Waals surface area contributed by atoms with E-state index in [9.17, 15) is 5.11 Å². The lowest BCUT2D eigenvalue weighted by molar-refractivity contribution is -0.239. The first kappa shape index (κ1) is 19.4. The third-order valence-electron chi connectivity index (χ3n) is 5.76. The number of hydrogen-bond acceptors (Lipinski definition) is 4. The highest BCUT2D eigenvalue weighted by Crippen LogP contribution is 2.46. The van der Waals surface area contributed by atoms with Crippen molar-refractivity contribution in [2.45, 2.75) is 96.1 Å². The fraction of sp³-hybridized carbons (Fsp3) is 0.850. The fourth-order valence-corrected chi connectivity index (χ4v) is 3.85. The number of nitrogens with zero attached hydrogens (tertiary/aromatic N) is 1. The number of ether oxygens (including phenoxy) is 2. The van der Waals surface area contributed by atoms with Gasteiger partial charge in [-0.25, -0.2) is 0 Å². The Labute approximate surface area is 146 Å². The Morgan fingerprint density at radius 2 is 2.21 bits per heavy atom. The standard InChI is InChI=1S/C20H33NO3/c1-15(2)7-8-17(22)16(3)6-5-10-19(4)18-9-11-20(24-18,12-13-21)14-23-19/h7,16-18,22H,5-6,8-12,14H2,1-4H3/t16?,17?,18-,19+,20-/m1/s1. The molecule has 136 valence electrons. The first-order chi connectivity index (χ1) is 11.3. The Morgan fingerprint density at radius 1 is 1.46 bits per heavy atom. The van der Waals surface area contributed by atoms with Gasteiger partial charge in [0.25, 0.3) is 0 Å². The Balaban J connectivity index is 1.78. The number of aliphatic hydroxyl groups excluding tert-OH is 1. The van der Waals surface area contributed by atoms with Gasteiger partial charge in [-0.15, -0.1) is 0 Å². The number of fused-ring (bicyclic) bond motifs is 2. The summed E-state index contributed by atoms with van der Waals surface area (Å²) in [5, 5.41) is 19.2. The minimum atomic E-state index is -0.354. The predicted octanol–water partition coefficient (Wildman–Crippen LogP) is 4.13. The summed E-state index contributed by atoms with van der Waals surface area (Å²) in [6.07, 6.45) is 7.97. The molecule has 0 aliphatic carbocycles. The van der Waals surface area contributed by atoms with Crippen LogP contribution in [-0.2, 0) is 9.47 Å².